The van der Waals surface area contributed by atoms with Gasteiger partial charge in [0.1, 0.15) is 31.1 Å². The summed E-state index contributed by atoms with van der Waals surface area (Å²) in [7, 11) is -4.26. The number of anilines is 1. The van der Waals surface area contributed by atoms with Crippen molar-refractivity contribution in [3.8, 4) is 5.75 Å². The molecule has 0 heterocycles. The Labute approximate surface area is 266 Å². The van der Waals surface area contributed by atoms with Crippen molar-refractivity contribution in [1.29, 1.82) is 0 Å². The van der Waals surface area contributed by atoms with Gasteiger partial charge in [0, 0.05) is 12.6 Å². The molecule has 0 aliphatic heterocycles. The van der Waals surface area contributed by atoms with Gasteiger partial charge in [-0.15, -0.1) is 0 Å². The summed E-state index contributed by atoms with van der Waals surface area (Å²) in [5.74, 6) is -2.83. The van der Waals surface area contributed by atoms with Crippen LogP contribution in [0.2, 0.25) is 0 Å². The molecule has 0 saturated heterocycles. The van der Waals surface area contributed by atoms with Crippen LogP contribution >= 0.6 is 0 Å². The second-order valence-corrected chi connectivity index (χ2v) is 12.6. The van der Waals surface area contributed by atoms with E-state index in [0.717, 1.165) is 12.7 Å². The SMILES string of the molecule is [2H]C([2H])(C(=O)OC)N(c1c(OCc2ccccc2)cc2c(c1F)C[C@H](N(CCC(C)C)C(=O)OCc1ccccc1)CC2)S(N)(=O)=O. The Morgan fingerprint density at radius 3 is 2.27 bits per heavy atom. The van der Waals surface area contributed by atoms with Crippen molar-refractivity contribution < 1.29 is 39.3 Å². The second kappa shape index (κ2) is 15.2. The Bertz CT molecular complexity index is 1660. The van der Waals surface area contributed by atoms with E-state index in [1.54, 1.807) is 35.2 Å². The molecule has 0 unspecified atom stereocenters. The van der Waals surface area contributed by atoms with E-state index in [4.69, 9.17) is 17.4 Å². The van der Waals surface area contributed by atoms with Gasteiger partial charge in [-0.2, -0.15) is 8.42 Å². The number of fused-ring (bicyclic) bond motifs is 1. The summed E-state index contributed by atoms with van der Waals surface area (Å²) < 4.78 is 75.3. The molecule has 45 heavy (non-hydrogen) atoms. The number of methoxy groups -OCH3 is 1. The molecule has 0 aromatic heterocycles. The molecular formula is C33H40FN3O7S. The largest absolute Gasteiger partial charge is 0.487 e. The Morgan fingerprint density at radius 2 is 1.69 bits per heavy atom. The first-order valence-corrected chi connectivity index (χ1v) is 16.1. The van der Waals surface area contributed by atoms with Gasteiger partial charge >= 0.3 is 12.1 Å². The van der Waals surface area contributed by atoms with Crippen LogP contribution in [0, 0.1) is 11.7 Å². The van der Waals surface area contributed by atoms with Crippen LogP contribution in [0.25, 0.3) is 0 Å². The van der Waals surface area contributed by atoms with Gasteiger partial charge in [-0.1, -0.05) is 74.5 Å². The number of amides is 1. The van der Waals surface area contributed by atoms with Crippen molar-refractivity contribution in [1.82, 2.24) is 4.90 Å². The molecule has 3 aromatic rings. The maximum Gasteiger partial charge on any atom is 0.410 e. The maximum absolute atomic E-state index is 16.8. The Balaban J connectivity index is 1.76. The monoisotopic (exact) mass is 643 g/mol. The minimum absolute atomic E-state index is 0.0364. The number of carbonyl (C=O) groups is 2. The first kappa shape index (κ1) is 30.8. The van der Waals surface area contributed by atoms with E-state index in [9.17, 15) is 18.0 Å². The molecule has 4 rings (SSSR count). The van der Waals surface area contributed by atoms with Crippen molar-refractivity contribution in [2.24, 2.45) is 11.1 Å². The van der Waals surface area contributed by atoms with Crippen molar-refractivity contribution in [2.45, 2.75) is 58.8 Å². The Kier molecular flexibility index (Phi) is 10.4. The molecule has 0 radical (unpaired) electrons. The summed E-state index contributed by atoms with van der Waals surface area (Å²) in [6.45, 7) is 0.860. The molecule has 3 aromatic carbocycles. The zero-order valence-corrected chi connectivity index (χ0v) is 26.4. The molecule has 10 nitrogen and oxygen atoms in total. The van der Waals surface area contributed by atoms with Crippen LogP contribution in [0.1, 0.15) is 51.7 Å². The minimum Gasteiger partial charge on any atom is -0.487 e. The summed E-state index contributed by atoms with van der Waals surface area (Å²) in [4.78, 5) is 27.5. The number of carbonyl (C=O) groups excluding carboxylic acids is 2. The maximum atomic E-state index is 16.8. The molecular weight excluding hydrogens is 601 g/mol. The second-order valence-electron chi connectivity index (χ2n) is 11.2. The number of rotatable bonds is 13. The zero-order chi connectivity index (χ0) is 34.4. The number of esters is 1. The van der Waals surface area contributed by atoms with Crippen molar-refractivity contribution in [3.63, 3.8) is 0 Å². The summed E-state index contributed by atoms with van der Waals surface area (Å²) in [5, 5.41) is 5.43. The lowest BCUT2D eigenvalue weighted by Crippen LogP contribution is -2.45. The van der Waals surface area contributed by atoms with Gasteiger partial charge in [0.15, 0.2) is 5.82 Å². The van der Waals surface area contributed by atoms with Crippen molar-refractivity contribution in [2.75, 3.05) is 24.5 Å². The highest BCUT2D eigenvalue weighted by Crippen LogP contribution is 2.40. The standard InChI is InChI=1S/C33H40FN3O7S/c1-23(2)16-17-36(33(39)44-22-25-12-8-5-9-13-25)27-15-14-26-18-29(43-21-24-10-6-4-7-11-24)32(31(34)28(26)19-27)37(45(35,40)41)20-30(38)42-3/h4-13,18,23,27H,14-17,19-22H2,1-3H3,(H2,35,40,41)/t27-/m1/s1/i20D2. The first-order chi connectivity index (χ1) is 22.2. The van der Waals surface area contributed by atoms with Crippen LogP contribution in [0.5, 0.6) is 5.75 Å². The topological polar surface area (TPSA) is 128 Å². The number of benzene rings is 3. The van der Waals surface area contributed by atoms with E-state index in [0.29, 0.717) is 36.9 Å². The first-order valence-electron chi connectivity index (χ1n) is 15.6. The van der Waals surface area contributed by atoms with E-state index < -0.39 is 46.3 Å². The summed E-state index contributed by atoms with van der Waals surface area (Å²) in [5.41, 5.74) is 1.13. The molecule has 0 saturated carbocycles. The highest BCUT2D eigenvalue weighted by atomic mass is 32.2. The van der Waals surface area contributed by atoms with Gasteiger partial charge in [0.05, 0.1) is 9.85 Å². The fourth-order valence-corrected chi connectivity index (χ4v) is 5.73. The lowest BCUT2D eigenvalue weighted by molar-refractivity contribution is -0.138. The average molecular weight is 644 g/mol. The number of nitrogens with zero attached hydrogens (tertiary/aromatic N) is 2. The quantitative estimate of drug-likeness (QED) is 0.256. The normalized spacial score (nSPS) is 15.4. The third kappa shape index (κ3) is 8.95. The molecule has 1 aliphatic rings. The van der Waals surface area contributed by atoms with Gasteiger partial charge in [0.2, 0.25) is 0 Å². The molecule has 242 valence electrons. The van der Waals surface area contributed by atoms with Crippen LogP contribution in [-0.2, 0) is 50.5 Å². The number of halogens is 1. The molecule has 1 aliphatic carbocycles. The molecule has 1 amide bonds. The molecule has 0 bridgehead atoms. The number of hydrogen-bond donors (Lipinski definition) is 1. The summed E-state index contributed by atoms with van der Waals surface area (Å²) >= 11 is 0. The van der Waals surface area contributed by atoms with Gasteiger partial charge in [0.25, 0.3) is 10.2 Å². The smallest absolute Gasteiger partial charge is 0.410 e. The lowest BCUT2D eigenvalue weighted by atomic mass is 9.86. The third-order valence-corrected chi connectivity index (χ3v) is 8.27. The third-order valence-electron chi connectivity index (χ3n) is 7.49. The van der Waals surface area contributed by atoms with Gasteiger partial charge in [-0.25, -0.2) is 18.6 Å². The minimum atomic E-state index is -5.13. The molecule has 2 N–H and O–H groups in total. The highest BCUT2D eigenvalue weighted by molar-refractivity contribution is 7.90. The number of nitrogens with two attached hydrogens (primary N) is 1. The Hall–Kier alpha value is -4.16. The predicted octanol–water partition coefficient (Wildman–Crippen LogP) is 5.13. The van der Waals surface area contributed by atoms with Crippen LogP contribution in [0.15, 0.2) is 66.7 Å². The fraction of sp³-hybridized carbons (Fsp3) is 0.394. The van der Waals surface area contributed by atoms with Crippen LogP contribution in [-0.4, -0.2) is 51.6 Å². The zero-order valence-electron chi connectivity index (χ0n) is 27.6. The van der Waals surface area contributed by atoms with Crippen LogP contribution in [0.3, 0.4) is 0 Å². The Morgan fingerprint density at radius 1 is 1.07 bits per heavy atom. The van der Waals surface area contributed by atoms with E-state index in [1.165, 1.54) is 6.07 Å². The van der Waals surface area contributed by atoms with Crippen molar-refractivity contribution >= 4 is 28.0 Å². The van der Waals surface area contributed by atoms with Crippen LogP contribution in [0.4, 0.5) is 14.9 Å². The number of hydrogen-bond acceptors (Lipinski definition) is 7. The molecule has 0 spiro atoms. The van der Waals surface area contributed by atoms with Gasteiger partial charge in [-0.3, -0.25) is 4.79 Å². The number of aryl methyl sites for hydroxylation is 1. The van der Waals surface area contributed by atoms with Crippen LogP contribution < -0.4 is 14.2 Å². The van der Waals surface area contributed by atoms with Crippen molar-refractivity contribution in [3.05, 3.63) is 94.8 Å². The van der Waals surface area contributed by atoms with E-state index in [-0.39, 0.29) is 41.2 Å². The van der Waals surface area contributed by atoms with E-state index >= 15 is 4.39 Å². The van der Waals surface area contributed by atoms with Gasteiger partial charge in [-0.05, 0) is 59.9 Å². The van der Waals surface area contributed by atoms with E-state index in [1.807, 2.05) is 44.2 Å². The predicted molar refractivity (Wildman–Crippen MR) is 168 cm³/mol. The lowest BCUT2D eigenvalue weighted by Gasteiger charge is -2.36. The molecule has 0 fully saturated rings. The molecule has 1 atom stereocenters. The van der Waals surface area contributed by atoms with E-state index in [2.05, 4.69) is 4.74 Å². The average Bonchev–Trinajstić information content (AvgIpc) is 3.04. The van der Waals surface area contributed by atoms with Gasteiger partial charge < -0.3 is 19.1 Å². The summed E-state index contributed by atoms with van der Waals surface area (Å²) in [6.07, 6.45) is 0.792. The number of ether oxygens (including phenoxy) is 3. The fourth-order valence-electron chi connectivity index (χ4n) is 5.11. The summed E-state index contributed by atoms with van der Waals surface area (Å²) in [6, 6.07) is 18.9. The molecule has 12 heteroatoms. The highest BCUT2D eigenvalue weighted by Gasteiger charge is 2.36.